The summed E-state index contributed by atoms with van der Waals surface area (Å²) in [4.78, 5) is 55.0. The van der Waals surface area contributed by atoms with Crippen LogP contribution in [0.4, 0.5) is 5.82 Å². The van der Waals surface area contributed by atoms with E-state index in [1.54, 1.807) is 0 Å². The second-order valence-electron chi connectivity index (χ2n) is 7.86. The van der Waals surface area contributed by atoms with Gasteiger partial charge in [0.1, 0.15) is 24.6 Å². The maximum Gasteiger partial charge on any atom is 0.436 e. The predicted molar refractivity (Wildman–Crippen MR) is 125 cm³/mol. The first-order valence-electron chi connectivity index (χ1n) is 10.6. The zero-order chi connectivity index (χ0) is 28.3. The predicted octanol–water partition coefficient (Wildman–Crippen LogP) is -0.588. The number of para-hydroxylation sites is 2. The number of hydrogen-bond donors (Lipinski definition) is 5. The van der Waals surface area contributed by atoms with E-state index in [1.807, 2.05) is 0 Å². The van der Waals surface area contributed by atoms with Crippen LogP contribution < -0.4 is 21.0 Å². The highest BCUT2D eigenvalue weighted by atomic mass is 31.2. The molecular formula is C19H24N7O11P. The molecule has 0 bridgehead atoms. The summed E-state index contributed by atoms with van der Waals surface area (Å²) in [5, 5.41) is 24.7. The van der Waals surface area contributed by atoms with E-state index in [0.29, 0.717) is 0 Å². The van der Waals surface area contributed by atoms with Crippen LogP contribution in [0.15, 0.2) is 46.4 Å². The van der Waals surface area contributed by atoms with Gasteiger partial charge in [0.2, 0.25) is 5.72 Å². The van der Waals surface area contributed by atoms with Gasteiger partial charge in [0.25, 0.3) is 0 Å². The Morgan fingerprint density at radius 3 is 2.61 bits per heavy atom. The average molecular weight is 557 g/mol. The number of anilines is 1. The van der Waals surface area contributed by atoms with Gasteiger partial charge in [0, 0.05) is 11.1 Å². The Bertz CT molecular complexity index is 1330. The number of ether oxygens (including phenoxy) is 3. The number of hydrogen-bond acceptors (Lipinski definition) is 12. The second-order valence-corrected chi connectivity index (χ2v) is 9.28. The summed E-state index contributed by atoms with van der Waals surface area (Å²) in [6.07, 6.45) is -4.10. The molecule has 0 spiro atoms. The molecule has 0 amide bonds. The molecule has 0 aliphatic carbocycles. The van der Waals surface area contributed by atoms with Crippen molar-refractivity contribution in [2.45, 2.75) is 37.1 Å². The lowest BCUT2D eigenvalue weighted by Gasteiger charge is -2.29. The van der Waals surface area contributed by atoms with Crippen LogP contribution in [0.25, 0.3) is 10.4 Å². The van der Waals surface area contributed by atoms with E-state index in [0.717, 1.165) is 24.8 Å². The molecule has 18 nitrogen and oxygen atoms in total. The summed E-state index contributed by atoms with van der Waals surface area (Å²) in [5.74, 6) is -1.61. The third-order valence-corrected chi connectivity index (χ3v) is 6.29. The molecule has 1 aliphatic heterocycles. The smallest absolute Gasteiger partial charge is 0.436 e. The molecular weight excluding hydrogens is 533 g/mol. The lowest BCUT2D eigenvalue weighted by atomic mass is 10.1. The van der Waals surface area contributed by atoms with Crippen LogP contribution in [0.5, 0.6) is 11.5 Å². The summed E-state index contributed by atoms with van der Waals surface area (Å²) in [6, 6.07) is 5.11. The lowest BCUT2D eigenvalue weighted by molar-refractivity contribution is -0.153. The van der Waals surface area contributed by atoms with Crippen molar-refractivity contribution in [3.05, 3.63) is 57.5 Å². The standard InChI is InChI=1S/C19H24N7O11P/c1-10(17(29)34-2)26(38(31,32)33)37-12-6-4-3-5-11(12)35-9-19(23-24-21)15(28)14(27)16(36-19)25-8-7-13(20)22-18(25)30/h3-8,10,14-16,27-28H,9H2,1-2H3,(H2,20,22,30)(H2,31,32,33)/t10-,14+,15-,16+,19+/m0/s1. The minimum Gasteiger partial charge on any atom is -0.486 e. The molecule has 6 N–H and O–H groups in total. The van der Waals surface area contributed by atoms with Crippen LogP contribution in [0.1, 0.15) is 13.2 Å². The number of rotatable bonds is 10. The van der Waals surface area contributed by atoms with E-state index in [2.05, 4.69) is 19.7 Å². The molecule has 5 atom stereocenters. The number of azide groups is 1. The molecule has 0 unspecified atom stereocenters. The fourth-order valence-corrected chi connectivity index (χ4v) is 4.20. The first-order chi connectivity index (χ1) is 17.8. The first-order valence-corrected chi connectivity index (χ1v) is 12.2. The number of nitrogens with zero attached hydrogens (tertiary/aromatic N) is 6. The Morgan fingerprint density at radius 2 is 2.03 bits per heavy atom. The lowest BCUT2D eigenvalue weighted by Crippen LogP contribution is -2.46. The van der Waals surface area contributed by atoms with Gasteiger partial charge in [-0.1, -0.05) is 17.2 Å². The molecule has 0 saturated carbocycles. The van der Waals surface area contributed by atoms with Crippen molar-refractivity contribution < 1.29 is 48.4 Å². The number of nitrogens with two attached hydrogens (primary N) is 1. The van der Waals surface area contributed by atoms with Gasteiger partial charge in [-0.05, 0) is 35.5 Å². The summed E-state index contributed by atoms with van der Waals surface area (Å²) in [6.45, 7) is 0.356. The minimum atomic E-state index is -5.17. The number of methoxy groups -OCH3 is 1. The number of hydroxylamine groups is 1. The van der Waals surface area contributed by atoms with E-state index >= 15 is 0 Å². The molecule has 3 rings (SSSR count). The highest BCUT2D eigenvalue weighted by Crippen LogP contribution is 2.44. The fraction of sp³-hybridized carbons (Fsp3) is 0.421. The van der Waals surface area contributed by atoms with Crippen LogP contribution in [-0.4, -0.2) is 78.0 Å². The molecule has 1 aromatic carbocycles. The highest BCUT2D eigenvalue weighted by molar-refractivity contribution is 7.49. The summed E-state index contributed by atoms with van der Waals surface area (Å²) in [5.41, 5.74) is 11.4. The SMILES string of the molecule is COC(=O)[C@H](C)N(Oc1ccccc1OC[C@@]1(N=[N+]=[N-])O[C@@H](n2ccc(N)nc2=O)[C@H](O)[C@@H]1O)P(=O)(O)O. The van der Waals surface area contributed by atoms with E-state index in [-0.39, 0.29) is 22.2 Å². The molecule has 1 fully saturated rings. The molecule has 38 heavy (non-hydrogen) atoms. The van der Waals surface area contributed by atoms with E-state index in [1.165, 1.54) is 30.3 Å². The van der Waals surface area contributed by atoms with Gasteiger partial charge in [-0.15, -0.1) is 0 Å². The number of aliphatic hydroxyl groups excluding tert-OH is 2. The summed E-state index contributed by atoms with van der Waals surface area (Å²) in [7, 11) is -4.15. The topological polar surface area (TPSA) is 265 Å². The van der Waals surface area contributed by atoms with Gasteiger partial charge in [-0.3, -0.25) is 9.36 Å². The van der Waals surface area contributed by atoms with Crippen molar-refractivity contribution in [2.24, 2.45) is 5.11 Å². The largest absolute Gasteiger partial charge is 0.486 e. The maximum absolute atomic E-state index is 12.2. The van der Waals surface area contributed by atoms with Gasteiger partial charge in [0.05, 0.1) is 7.11 Å². The number of nitrogen functional groups attached to an aromatic ring is 1. The van der Waals surface area contributed by atoms with Gasteiger partial charge in [0.15, 0.2) is 23.8 Å². The molecule has 1 aromatic heterocycles. The maximum atomic E-state index is 12.2. The number of esters is 1. The first kappa shape index (κ1) is 28.8. The zero-order valence-electron chi connectivity index (χ0n) is 19.8. The zero-order valence-corrected chi connectivity index (χ0v) is 20.7. The van der Waals surface area contributed by atoms with Crippen LogP contribution in [0.2, 0.25) is 0 Å². The monoisotopic (exact) mass is 557 g/mol. The number of carbonyl (C=O) groups excluding carboxylic acids is 1. The number of carbonyl (C=O) groups is 1. The van der Waals surface area contributed by atoms with Crippen molar-refractivity contribution in [2.75, 3.05) is 19.5 Å². The summed E-state index contributed by atoms with van der Waals surface area (Å²) >= 11 is 0. The van der Waals surface area contributed by atoms with Crippen molar-refractivity contribution in [1.29, 1.82) is 0 Å². The van der Waals surface area contributed by atoms with E-state index in [4.69, 9.17) is 25.6 Å². The Morgan fingerprint density at radius 1 is 1.37 bits per heavy atom. The minimum absolute atomic E-state index is 0.103. The molecule has 2 heterocycles. The van der Waals surface area contributed by atoms with Gasteiger partial charge in [-0.2, -0.15) is 4.98 Å². The average Bonchev–Trinajstić information content (AvgIpc) is 3.10. The number of aliphatic hydroxyl groups is 2. The highest BCUT2D eigenvalue weighted by Gasteiger charge is 2.56. The van der Waals surface area contributed by atoms with Crippen LogP contribution in [-0.2, 0) is 18.8 Å². The second kappa shape index (κ2) is 11.3. The van der Waals surface area contributed by atoms with Crippen molar-refractivity contribution in [3.8, 4) is 11.5 Å². The normalized spacial score (nSPS) is 23.9. The van der Waals surface area contributed by atoms with Crippen molar-refractivity contribution >= 4 is 19.5 Å². The molecule has 1 saturated heterocycles. The Balaban J connectivity index is 1.90. The van der Waals surface area contributed by atoms with Crippen molar-refractivity contribution in [1.82, 2.24) is 14.4 Å². The molecule has 19 heteroatoms. The Hall–Kier alpha value is -3.73. The van der Waals surface area contributed by atoms with E-state index in [9.17, 15) is 34.2 Å². The Kier molecular flexibility index (Phi) is 8.61. The third-order valence-electron chi connectivity index (χ3n) is 5.35. The van der Waals surface area contributed by atoms with Gasteiger partial charge >= 0.3 is 19.4 Å². The number of aromatic nitrogens is 2. The molecule has 0 radical (unpaired) electrons. The number of benzene rings is 1. The Labute approximate surface area is 213 Å². The van der Waals surface area contributed by atoms with E-state index < -0.39 is 56.2 Å². The van der Waals surface area contributed by atoms with Crippen LogP contribution in [0, 0.1) is 0 Å². The quantitative estimate of drug-likeness (QED) is 0.0610. The van der Waals surface area contributed by atoms with Crippen LogP contribution in [0.3, 0.4) is 0 Å². The van der Waals surface area contributed by atoms with Crippen molar-refractivity contribution in [3.63, 3.8) is 0 Å². The van der Waals surface area contributed by atoms with Crippen LogP contribution >= 0.6 is 7.75 Å². The molecule has 1 aliphatic rings. The third kappa shape index (κ3) is 5.88. The van der Waals surface area contributed by atoms with Gasteiger partial charge in [-0.25, -0.2) is 9.36 Å². The fourth-order valence-electron chi connectivity index (χ4n) is 3.46. The van der Waals surface area contributed by atoms with Gasteiger partial charge < -0.3 is 44.8 Å². The molecule has 206 valence electrons. The summed E-state index contributed by atoms with van der Waals surface area (Å²) < 4.78 is 28.5. The molecule has 2 aromatic rings.